The number of hydrogen-bond donors (Lipinski definition) is 3. The molecule has 1 heterocycles. The summed E-state index contributed by atoms with van der Waals surface area (Å²) < 4.78 is 41.3. The summed E-state index contributed by atoms with van der Waals surface area (Å²) in [6.07, 6.45) is 1.54. The minimum absolute atomic E-state index is 0.155. The van der Waals surface area contributed by atoms with Gasteiger partial charge in [-0.2, -0.15) is 8.42 Å². The first-order chi connectivity index (χ1) is 12.2. The van der Waals surface area contributed by atoms with E-state index in [0.717, 1.165) is 5.56 Å². The van der Waals surface area contributed by atoms with Crippen LogP contribution in [0.1, 0.15) is 25.3 Å². The zero-order chi connectivity index (χ0) is 19.1. The van der Waals surface area contributed by atoms with Gasteiger partial charge in [-0.25, -0.2) is 13.4 Å². The fourth-order valence-electron chi connectivity index (χ4n) is 3.02. The van der Waals surface area contributed by atoms with E-state index < -0.39 is 46.0 Å². The molecular formula is C17H19FN2O5S. The first-order valence-corrected chi connectivity index (χ1v) is 9.58. The normalized spacial score (nSPS) is 17.5. The summed E-state index contributed by atoms with van der Waals surface area (Å²) >= 11 is 0. The third-order valence-electron chi connectivity index (χ3n) is 4.25. The molecule has 1 atom stereocenters. The van der Waals surface area contributed by atoms with Gasteiger partial charge in [-0.05, 0) is 49.3 Å². The molecule has 0 radical (unpaired) electrons. The molecule has 0 aromatic heterocycles. The van der Waals surface area contributed by atoms with Gasteiger partial charge in [-0.1, -0.05) is 12.1 Å². The number of nitrogens with one attached hydrogen (secondary N) is 1. The number of halogens is 1. The fraction of sp³-hybridized carbons (Fsp3) is 0.353. The zero-order valence-electron chi connectivity index (χ0n) is 14.1. The van der Waals surface area contributed by atoms with Gasteiger partial charge >= 0.3 is 10.2 Å². The number of aliphatic hydroxyl groups is 1. The van der Waals surface area contributed by atoms with Crippen molar-refractivity contribution in [3.8, 4) is 5.75 Å². The molecule has 0 aliphatic carbocycles. The van der Waals surface area contributed by atoms with E-state index in [0.29, 0.717) is 29.0 Å². The average Bonchev–Trinajstić information content (AvgIpc) is 2.80. The molecular weight excluding hydrogens is 363 g/mol. The van der Waals surface area contributed by atoms with Crippen LogP contribution in [-0.4, -0.2) is 37.2 Å². The Kier molecular flexibility index (Phi) is 4.76. The lowest BCUT2D eigenvalue weighted by molar-refractivity contribution is -0.117. The van der Waals surface area contributed by atoms with Crippen molar-refractivity contribution in [3.63, 3.8) is 0 Å². The summed E-state index contributed by atoms with van der Waals surface area (Å²) in [5, 5.41) is 20.0. The van der Waals surface area contributed by atoms with Crippen LogP contribution in [0.15, 0.2) is 24.3 Å². The number of aromatic hydroxyl groups is 1. The van der Waals surface area contributed by atoms with Crippen molar-refractivity contribution < 1.29 is 27.8 Å². The van der Waals surface area contributed by atoms with Crippen LogP contribution in [-0.2, 0) is 21.4 Å². The highest BCUT2D eigenvalue weighted by Crippen LogP contribution is 2.38. The number of carbonyl (C=O) groups excluding carboxylic acids is 1. The molecule has 0 bridgehead atoms. The van der Waals surface area contributed by atoms with Gasteiger partial charge in [-0.15, -0.1) is 0 Å². The van der Waals surface area contributed by atoms with Crippen LogP contribution >= 0.6 is 0 Å². The van der Waals surface area contributed by atoms with Gasteiger partial charge in [0.15, 0.2) is 5.82 Å². The van der Waals surface area contributed by atoms with E-state index >= 15 is 4.39 Å². The quantitative estimate of drug-likeness (QED) is 0.728. The summed E-state index contributed by atoms with van der Waals surface area (Å²) in [6, 6.07) is 6.29. The van der Waals surface area contributed by atoms with Crippen molar-refractivity contribution in [2.75, 3.05) is 10.8 Å². The molecule has 0 spiro atoms. The van der Waals surface area contributed by atoms with Crippen LogP contribution in [0, 0.1) is 5.82 Å². The minimum Gasteiger partial charge on any atom is -0.506 e. The fourth-order valence-corrected chi connectivity index (χ4v) is 4.18. The minimum atomic E-state index is -4.23. The van der Waals surface area contributed by atoms with Crippen molar-refractivity contribution in [3.05, 3.63) is 35.6 Å². The van der Waals surface area contributed by atoms with Crippen molar-refractivity contribution in [2.45, 2.75) is 32.3 Å². The number of anilines is 1. The van der Waals surface area contributed by atoms with Crippen LogP contribution in [0.2, 0.25) is 0 Å². The molecule has 140 valence electrons. The van der Waals surface area contributed by atoms with E-state index in [1.54, 1.807) is 29.8 Å². The predicted molar refractivity (Wildman–Crippen MR) is 94.6 cm³/mol. The van der Waals surface area contributed by atoms with E-state index in [-0.39, 0.29) is 5.39 Å². The van der Waals surface area contributed by atoms with Gasteiger partial charge in [0.05, 0.1) is 6.10 Å². The molecule has 7 nitrogen and oxygen atoms in total. The molecule has 2 aromatic carbocycles. The summed E-state index contributed by atoms with van der Waals surface area (Å²) in [4.78, 5) is 11.4. The molecule has 3 N–H and O–H groups in total. The largest absolute Gasteiger partial charge is 0.506 e. The molecule has 1 saturated heterocycles. The second-order valence-electron chi connectivity index (χ2n) is 6.39. The molecule has 1 aliphatic rings. The number of rotatable bonds is 5. The highest BCUT2D eigenvalue weighted by atomic mass is 32.2. The number of benzene rings is 2. The Balaban J connectivity index is 2.04. The zero-order valence-corrected chi connectivity index (χ0v) is 14.9. The number of amides is 1. The maximum absolute atomic E-state index is 15.0. The molecule has 1 aliphatic heterocycles. The Labute approximate surface area is 150 Å². The second kappa shape index (κ2) is 6.73. The molecule has 2 aromatic rings. The highest BCUT2D eigenvalue weighted by Gasteiger charge is 2.37. The number of aliphatic hydroxyl groups excluding tert-OH is 1. The lowest BCUT2D eigenvalue weighted by Crippen LogP contribution is -2.30. The monoisotopic (exact) mass is 382 g/mol. The lowest BCUT2D eigenvalue weighted by Gasteiger charge is -2.18. The van der Waals surface area contributed by atoms with Crippen molar-refractivity contribution in [2.24, 2.45) is 0 Å². The van der Waals surface area contributed by atoms with Crippen LogP contribution in [0.25, 0.3) is 10.8 Å². The first kappa shape index (κ1) is 18.4. The van der Waals surface area contributed by atoms with Crippen LogP contribution in [0.4, 0.5) is 10.1 Å². The molecule has 1 amide bonds. The molecule has 0 saturated carbocycles. The number of carbonyl (C=O) groups is 1. The van der Waals surface area contributed by atoms with Crippen LogP contribution in [0.3, 0.4) is 0 Å². The Bertz CT molecular complexity index is 975. The van der Waals surface area contributed by atoms with E-state index in [2.05, 4.69) is 0 Å². The summed E-state index contributed by atoms with van der Waals surface area (Å²) in [7, 11) is -4.23. The van der Waals surface area contributed by atoms with E-state index in [4.69, 9.17) is 0 Å². The predicted octanol–water partition coefficient (Wildman–Crippen LogP) is 1.57. The Morgan fingerprint density at radius 1 is 1.35 bits per heavy atom. The number of phenols is 1. The van der Waals surface area contributed by atoms with Gasteiger partial charge in [-0.3, -0.25) is 4.79 Å². The van der Waals surface area contributed by atoms with Crippen molar-refractivity contribution in [1.82, 2.24) is 4.72 Å². The Hall–Kier alpha value is -2.39. The number of phenolic OH excluding ortho intramolecular Hbond substituents is 1. The van der Waals surface area contributed by atoms with Gasteiger partial charge in [0.2, 0.25) is 0 Å². The number of nitrogens with zero attached hydrogens (tertiary/aromatic N) is 1. The Morgan fingerprint density at radius 3 is 2.69 bits per heavy atom. The lowest BCUT2D eigenvalue weighted by atomic mass is 10.0. The summed E-state index contributed by atoms with van der Waals surface area (Å²) in [5.74, 6) is -2.26. The standard InChI is InChI=1S/C17H19FN2O5S/c1-10(21)3-2-4-11-5-6-12-8-14(22)17(16(18)13(12)7-11)20-9-15(23)19-26(20,24)25/h5-8,10,21-22H,2-4,9H2,1H3,(H,19,23)/t10-/m1/s1. The van der Waals surface area contributed by atoms with Crippen molar-refractivity contribution >= 4 is 32.6 Å². The molecule has 26 heavy (non-hydrogen) atoms. The SMILES string of the molecule is C[C@@H](O)CCCc1ccc2cc(O)c(N3CC(=O)NS3(=O)=O)c(F)c2c1. The average molecular weight is 382 g/mol. The third-order valence-corrected chi connectivity index (χ3v) is 5.63. The molecule has 0 unspecified atom stereocenters. The van der Waals surface area contributed by atoms with Gasteiger partial charge < -0.3 is 10.2 Å². The highest BCUT2D eigenvalue weighted by molar-refractivity contribution is 7.92. The van der Waals surface area contributed by atoms with E-state index in [1.165, 1.54) is 6.07 Å². The maximum atomic E-state index is 15.0. The topological polar surface area (TPSA) is 107 Å². The first-order valence-electron chi connectivity index (χ1n) is 8.14. The molecule has 3 rings (SSSR count). The molecule has 1 fully saturated rings. The number of hydrogen-bond acceptors (Lipinski definition) is 5. The molecule has 9 heteroatoms. The van der Waals surface area contributed by atoms with E-state index in [1.807, 2.05) is 0 Å². The van der Waals surface area contributed by atoms with E-state index in [9.17, 15) is 23.4 Å². The number of fused-ring (bicyclic) bond motifs is 1. The van der Waals surface area contributed by atoms with Gasteiger partial charge in [0.25, 0.3) is 5.91 Å². The van der Waals surface area contributed by atoms with Gasteiger partial charge in [0.1, 0.15) is 18.0 Å². The maximum Gasteiger partial charge on any atom is 0.326 e. The Morgan fingerprint density at radius 2 is 2.08 bits per heavy atom. The third kappa shape index (κ3) is 3.45. The smallest absolute Gasteiger partial charge is 0.326 e. The summed E-state index contributed by atoms with van der Waals surface area (Å²) in [5.41, 5.74) is 0.282. The second-order valence-corrected chi connectivity index (χ2v) is 7.99. The summed E-state index contributed by atoms with van der Waals surface area (Å²) in [6.45, 7) is 1.10. The van der Waals surface area contributed by atoms with Crippen LogP contribution in [0.5, 0.6) is 5.75 Å². The van der Waals surface area contributed by atoms with Crippen molar-refractivity contribution in [1.29, 1.82) is 0 Å². The van der Waals surface area contributed by atoms with Crippen LogP contribution < -0.4 is 9.03 Å². The number of aryl methyl sites for hydroxylation is 1. The van der Waals surface area contributed by atoms with Gasteiger partial charge in [0, 0.05) is 5.39 Å².